The van der Waals surface area contributed by atoms with E-state index in [1.807, 2.05) is 91.0 Å². The standard InChI is InChI=1S/C17H14ClNO2S2.C10H13ClO2S.C8H6BClO2S.C8H5ClS/c18-13-5-6-15-12(7-13)8-16(22-15)14-4-2-1-3-11(14)9-23(21)10-17(19)20;1-12-10(13-2)7-14-9-5-3-8(11)4-6-9;10-6-1-2-7-5(3-6)4-8(13-7)9(11)12;9-7-1-2-8-6(5-7)3-4-10-8/h1-8H,9-10H2,(H2,19,20);3-6,10H,7H2,1-2H3;1-4,11-12H;1-5H. The van der Waals surface area contributed by atoms with Crippen LogP contribution in [0.5, 0.6) is 0 Å². The van der Waals surface area contributed by atoms with E-state index >= 15 is 0 Å². The van der Waals surface area contributed by atoms with Crippen LogP contribution in [0.1, 0.15) is 5.56 Å². The molecule has 0 aliphatic rings. The summed E-state index contributed by atoms with van der Waals surface area (Å²) in [5.41, 5.74) is 7.10. The van der Waals surface area contributed by atoms with Crippen molar-refractivity contribution in [3.63, 3.8) is 0 Å². The van der Waals surface area contributed by atoms with Crippen LogP contribution >= 0.6 is 92.2 Å². The highest BCUT2D eigenvalue weighted by molar-refractivity contribution is 7.99. The van der Waals surface area contributed by atoms with Crippen LogP contribution in [-0.2, 0) is 30.8 Å². The zero-order valence-electron chi connectivity index (χ0n) is 32.1. The van der Waals surface area contributed by atoms with Gasteiger partial charge in [-0.05, 0) is 130 Å². The van der Waals surface area contributed by atoms with E-state index in [4.69, 9.17) is 71.7 Å². The number of carbonyl (C=O) groups is 1. The van der Waals surface area contributed by atoms with Crippen molar-refractivity contribution in [2.45, 2.75) is 16.9 Å². The molecular formula is C43H38BCl4NO6S5. The SMILES string of the molecule is COC(CSc1ccc(Cl)cc1)OC.Clc1ccc2sccc2c1.NC(=O)CS(=O)Cc1ccccc1-c1cc2cc(Cl)ccc2s1.OB(O)c1cc2cc(Cl)ccc2s1. The van der Waals surface area contributed by atoms with E-state index in [2.05, 4.69) is 17.5 Å². The Hall–Kier alpha value is -2.99. The van der Waals surface area contributed by atoms with Crippen LogP contribution in [0.25, 0.3) is 40.7 Å². The molecule has 0 spiro atoms. The van der Waals surface area contributed by atoms with Crippen molar-refractivity contribution < 1.29 is 28.5 Å². The van der Waals surface area contributed by atoms with E-state index in [0.29, 0.717) is 20.6 Å². The van der Waals surface area contributed by atoms with E-state index in [9.17, 15) is 9.00 Å². The average molecular weight is 978 g/mol. The Balaban J connectivity index is 0.000000160. The number of rotatable bonds is 11. The number of fused-ring (bicyclic) bond motifs is 3. The van der Waals surface area contributed by atoms with Crippen molar-refractivity contribution in [2.24, 2.45) is 5.73 Å². The number of carbonyl (C=O) groups excluding carboxylic acids is 1. The first-order chi connectivity index (χ1) is 28.8. The number of methoxy groups -OCH3 is 2. The molecule has 4 N–H and O–H groups in total. The lowest BCUT2D eigenvalue weighted by molar-refractivity contribution is -0.115. The van der Waals surface area contributed by atoms with Crippen LogP contribution in [-0.4, -0.2) is 59.3 Å². The van der Waals surface area contributed by atoms with Crippen LogP contribution in [0, 0.1) is 0 Å². The van der Waals surface area contributed by atoms with Gasteiger partial charge in [0.2, 0.25) is 5.91 Å². The van der Waals surface area contributed by atoms with E-state index in [1.165, 1.54) is 21.4 Å². The van der Waals surface area contributed by atoms with Crippen molar-refractivity contribution in [2.75, 3.05) is 25.7 Å². The molecule has 3 aromatic heterocycles. The molecule has 0 aliphatic carbocycles. The summed E-state index contributed by atoms with van der Waals surface area (Å²) in [6.45, 7) is 0. The summed E-state index contributed by atoms with van der Waals surface area (Å²) in [6.07, 6.45) is -0.157. The zero-order chi connectivity index (χ0) is 43.2. The van der Waals surface area contributed by atoms with Crippen molar-refractivity contribution in [3.8, 4) is 10.4 Å². The van der Waals surface area contributed by atoms with Crippen molar-refractivity contribution in [3.05, 3.63) is 152 Å². The molecule has 3 heterocycles. The minimum atomic E-state index is -1.39. The highest BCUT2D eigenvalue weighted by atomic mass is 35.5. The van der Waals surface area contributed by atoms with Crippen LogP contribution in [0.3, 0.4) is 0 Å². The monoisotopic (exact) mass is 975 g/mol. The summed E-state index contributed by atoms with van der Waals surface area (Å²) in [5, 5.41) is 26.1. The number of primary amides is 1. The number of nitrogens with two attached hydrogens (primary N) is 1. The molecule has 0 saturated carbocycles. The summed E-state index contributed by atoms with van der Waals surface area (Å²) in [4.78, 5) is 13.2. The smallest absolute Gasteiger partial charge is 0.423 e. The van der Waals surface area contributed by atoms with Gasteiger partial charge in [0.25, 0.3) is 0 Å². The molecule has 1 unspecified atom stereocenters. The predicted molar refractivity (Wildman–Crippen MR) is 262 cm³/mol. The third-order valence-corrected chi connectivity index (χ3v) is 14.7. The largest absolute Gasteiger partial charge is 0.499 e. The van der Waals surface area contributed by atoms with Crippen molar-refractivity contribution >= 4 is 151 Å². The average Bonchev–Trinajstić information content (AvgIpc) is 3.98. The zero-order valence-corrected chi connectivity index (χ0v) is 39.2. The molecule has 17 heteroatoms. The first kappa shape index (κ1) is 48.1. The fourth-order valence-electron chi connectivity index (χ4n) is 5.44. The maximum Gasteiger partial charge on any atom is 0.499 e. The summed E-state index contributed by atoms with van der Waals surface area (Å²) in [6, 6.07) is 38.6. The minimum absolute atomic E-state index is 0.115. The Morgan fingerprint density at radius 1 is 0.733 bits per heavy atom. The normalized spacial score (nSPS) is 11.3. The fraction of sp³-hybridized carbons (Fsp3) is 0.140. The van der Waals surface area contributed by atoms with Gasteiger partial charge in [0, 0.05) is 85.3 Å². The van der Waals surface area contributed by atoms with Gasteiger partial charge in [0.15, 0.2) is 6.29 Å². The third-order valence-electron chi connectivity index (χ3n) is 8.27. The van der Waals surface area contributed by atoms with E-state index in [-0.39, 0.29) is 12.0 Å². The number of hydrogen-bond donors (Lipinski definition) is 3. The molecule has 1 atom stereocenters. The van der Waals surface area contributed by atoms with Crippen LogP contribution in [0.4, 0.5) is 0 Å². The van der Waals surface area contributed by atoms with Crippen LogP contribution in [0.15, 0.2) is 132 Å². The second-order valence-corrected chi connectivity index (χ2v) is 20.1. The van der Waals surface area contributed by atoms with Gasteiger partial charge < -0.3 is 25.3 Å². The van der Waals surface area contributed by atoms with Gasteiger partial charge in [-0.1, -0.05) is 70.7 Å². The predicted octanol–water partition coefficient (Wildman–Crippen LogP) is 11.8. The Morgan fingerprint density at radius 3 is 1.92 bits per heavy atom. The lowest BCUT2D eigenvalue weighted by Crippen LogP contribution is -2.26. The number of amides is 1. The molecule has 7 nitrogen and oxygen atoms in total. The second-order valence-electron chi connectivity index (χ2n) is 12.6. The molecule has 60 heavy (non-hydrogen) atoms. The topological polar surface area (TPSA) is 119 Å². The van der Waals surface area contributed by atoms with Crippen LogP contribution in [0.2, 0.25) is 20.1 Å². The fourth-order valence-corrected chi connectivity index (χ4v) is 10.9. The number of benzene rings is 5. The van der Waals surface area contributed by atoms with Gasteiger partial charge in [0.1, 0.15) is 5.75 Å². The quantitative estimate of drug-likeness (QED) is 0.0671. The van der Waals surface area contributed by atoms with E-state index in [1.54, 1.807) is 66.9 Å². The number of hydrogen-bond acceptors (Lipinski definition) is 10. The highest BCUT2D eigenvalue weighted by Crippen LogP contribution is 2.37. The highest BCUT2D eigenvalue weighted by Gasteiger charge is 2.15. The molecule has 0 bridgehead atoms. The van der Waals surface area contributed by atoms with E-state index < -0.39 is 23.8 Å². The molecule has 0 saturated heterocycles. The Morgan fingerprint density at radius 2 is 1.30 bits per heavy atom. The van der Waals surface area contributed by atoms with Gasteiger partial charge in [-0.2, -0.15) is 0 Å². The Kier molecular flexibility index (Phi) is 19.2. The van der Waals surface area contributed by atoms with Crippen LogP contribution < -0.4 is 10.5 Å². The molecule has 312 valence electrons. The number of ether oxygens (including phenoxy) is 2. The number of thiophene rings is 3. The van der Waals surface area contributed by atoms with Gasteiger partial charge in [0.05, 0.1) is 0 Å². The van der Waals surface area contributed by atoms with Crippen molar-refractivity contribution in [1.82, 2.24) is 0 Å². The first-order valence-corrected chi connectivity index (χ1v) is 24.3. The molecule has 0 aliphatic heterocycles. The molecule has 1 amide bonds. The molecule has 0 fully saturated rings. The minimum Gasteiger partial charge on any atom is -0.423 e. The summed E-state index contributed by atoms with van der Waals surface area (Å²) >= 11 is 29.8. The molecule has 5 aromatic carbocycles. The Bertz CT molecular complexity index is 2650. The van der Waals surface area contributed by atoms with Gasteiger partial charge in [-0.15, -0.1) is 45.8 Å². The van der Waals surface area contributed by atoms with Gasteiger partial charge in [-0.25, -0.2) is 0 Å². The lowest BCUT2D eigenvalue weighted by atomic mass is 9.89. The summed E-state index contributed by atoms with van der Waals surface area (Å²) < 4.78 is 26.2. The van der Waals surface area contributed by atoms with Gasteiger partial charge >= 0.3 is 7.12 Å². The first-order valence-electron chi connectivity index (χ1n) is 17.8. The summed E-state index contributed by atoms with van der Waals surface area (Å²) in [5.74, 6) is 0.427. The van der Waals surface area contributed by atoms with Crippen molar-refractivity contribution in [1.29, 1.82) is 0 Å². The maximum atomic E-state index is 12.0. The van der Waals surface area contributed by atoms with E-state index in [0.717, 1.165) is 56.9 Å². The molecular weight excluding hydrogens is 939 g/mol. The summed E-state index contributed by atoms with van der Waals surface area (Å²) in [7, 11) is 0.581. The third kappa shape index (κ3) is 14.8. The second kappa shape index (κ2) is 24.0. The van der Waals surface area contributed by atoms with Gasteiger partial charge in [-0.3, -0.25) is 9.00 Å². The number of thioether (sulfide) groups is 1. The molecule has 0 radical (unpaired) electrons. The number of halogens is 4. The maximum absolute atomic E-state index is 12.0. The Labute approximate surface area is 387 Å². The lowest BCUT2D eigenvalue weighted by Gasteiger charge is -2.12. The molecule has 8 aromatic rings. The molecule has 8 rings (SSSR count).